The number of nitrogens with one attached hydrogen (secondary N) is 1. The number of nitrogens with zero attached hydrogens (tertiary/aromatic N) is 2. The number of piperidine rings is 1. The molecular formula is C19H29N3O. The van der Waals surface area contributed by atoms with Crippen LogP contribution in [0.4, 0.5) is 0 Å². The molecule has 1 N–H and O–H groups in total. The van der Waals surface area contributed by atoms with Crippen molar-refractivity contribution in [2.45, 2.75) is 25.2 Å². The normalized spacial score (nSPS) is 24.0. The zero-order valence-corrected chi connectivity index (χ0v) is 14.2. The molecule has 0 bridgehead atoms. The number of carbonyl (C=O) groups is 1. The minimum absolute atomic E-state index is 0.198. The highest BCUT2D eigenvalue weighted by Gasteiger charge is 2.26. The number of likely N-dealkylation sites (tertiary alicyclic amines) is 2. The Bertz CT molecular complexity index is 497. The lowest BCUT2D eigenvalue weighted by Crippen LogP contribution is -2.41. The summed E-state index contributed by atoms with van der Waals surface area (Å²) in [5, 5.41) is 3.13. The molecule has 23 heavy (non-hydrogen) atoms. The van der Waals surface area contributed by atoms with Gasteiger partial charge in [0.25, 0.3) is 0 Å². The fraction of sp³-hybridized carbons (Fsp3) is 0.632. The highest BCUT2D eigenvalue weighted by atomic mass is 16.1. The number of benzene rings is 1. The minimum Gasteiger partial charge on any atom is -0.355 e. The van der Waals surface area contributed by atoms with Crippen molar-refractivity contribution in [2.75, 3.05) is 46.3 Å². The molecule has 1 atom stereocenters. The summed E-state index contributed by atoms with van der Waals surface area (Å²) in [4.78, 5) is 16.8. The molecule has 0 unspecified atom stereocenters. The molecule has 4 heteroatoms. The van der Waals surface area contributed by atoms with Crippen LogP contribution in [0.5, 0.6) is 0 Å². The Hall–Kier alpha value is -1.39. The summed E-state index contributed by atoms with van der Waals surface area (Å²) in [6.07, 6.45) is 3.46. The van der Waals surface area contributed by atoms with Crippen molar-refractivity contribution >= 4 is 5.91 Å². The van der Waals surface area contributed by atoms with Gasteiger partial charge in [-0.15, -0.1) is 0 Å². The Morgan fingerprint density at radius 2 is 1.87 bits per heavy atom. The summed E-state index contributed by atoms with van der Waals surface area (Å²) in [6.45, 7) is 6.01. The van der Waals surface area contributed by atoms with Crippen molar-refractivity contribution in [1.29, 1.82) is 0 Å². The second-order valence-electron chi connectivity index (χ2n) is 7.07. The maximum Gasteiger partial charge on any atom is 0.224 e. The van der Waals surface area contributed by atoms with Crippen LogP contribution in [0.15, 0.2) is 30.3 Å². The number of hydrogen-bond donors (Lipinski definition) is 1. The molecule has 1 aromatic rings. The fourth-order valence-electron chi connectivity index (χ4n) is 3.85. The molecule has 0 aromatic heterocycles. The van der Waals surface area contributed by atoms with E-state index in [4.69, 9.17) is 0 Å². The average molecular weight is 315 g/mol. The second kappa shape index (κ2) is 7.93. The van der Waals surface area contributed by atoms with Crippen LogP contribution in [0.3, 0.4) is 0 Å². The van der Waals surface area contributed by atoms with E-state index in [1.54, 1.807) is 0 Å². The maximum atomic E-state index is 12.1. The fourth-order valence-corrected chi connectivity index (χ4v) is 3.85. The summed E-state index contributed by atoms with van der Waals surface area (Å²) >= 11 is 0. The van der Waals surface area contributed by atoms with Crippen molar-refractivity contribution in [1.82, 2.24) is 15.1 Å². The number of hydrogen-bond acceptors (Lipinski definition) is 3. The van der Waals surface area contributed by atoms with Gasteiger partial charge in [-0.25, -0.2) is 0 Å². The largest absolute Gasteiger partial charge is 0.355 e. The first-order valence-electron chi connectivity index (χ1n) is 8.96. The van der Waals surface area contributed by atoms with E-state index in [1.165, 1.54) is 18.4 Å². The highest BCUT2D eigenvalue weighted by Crippen LogP contribution is 2.27. The Kier molecular flexibility index (Phi) is 5.68. The molecular weight excluding hydrogens is 286 g/mol. The molecule has 0 spiro atoms. The van der Waals surface area contributed by atoms with Crippen LogP contribution >= 0.6 is 0 Å². The molecule has 2 heterocycles. The topological polar surface area (TPSA) is 35.6 Å². The third-order valence-electron chi connectivity index (χ3n) is 5.35. The van der Waals surface area contributed by atoms with Gasteiger partial charge in [-0.2, -0.15) is 0 Å². The molecule has 2 aliphatic heterocycles. The molecule has 2 saturated heterocycles. The van der Waals surface area contributed by atoms with Crippen LogP contribution in [0, 0.1) is 5.92 Å². The van der Waals surface area contributed by atoms with Gasteiger partial charge in [0.05, 0.1) is 5.92 Å². The lowest BCUT2D eigenvalue weighted by Gasteiger charge is -2.32. The zero-order valence-electron chi connectivity index (χ0n) is 14.2. The van der Waals surface area contributed by atoms with Gasteiger partial charge in [0, 0.05) is 19.6 Å². The van der Waals surface area contributed by atoms with E-state index >= 15 is 0 Å². The van der Waals surface area contributed by atoms with Crippen molar-refractivity contribution in [3.8, 4) is 0 Å². The quantitative estimate of drug-likeness (QED) is 0.902. The van der Waals surface area contributed by atoms with Crippen molar-refractivity contribution in [2.24, 2.45) is 5.92 Å². The van der Waals surface area contributed by atoms with Gasteiger partial charge in [-0.05, 0) is 57.4 Å². The van der Waals surface area contributed by atoms with Gasteiger partial charge in [-0.3, -0.25) is 4.79 Å². The van der Waals surface area contributed by atoms with Crippen LogP contribution in [0.1, 0.15) is 30.7 Å². The molecule has 2 fully saturated rings. The monoisotopic (exact) mass is 315 g/mol. The smallest absolute Gasteiger partial charge is 0.224 e. The molecule has 126 valence electrons. The molecule has 2 aliphatic rings. The SMILES string of the molecule is CN1CC[C@@H](C(=O)NCCN2CCC(c3ccccc3)CC2)C1. The minimum atomic E-state index is 0.198. The van der Waals surface area contributed by atoms with E-state index in [-0.39, 0.29) is 11.8 Å². The molecule has 0 saturated carbocycles. The van der Waals surface area contributed by atoms with E-state index in [9.17, 15) is 4.79 Å². The van der Waals surface area contributed by atoms with Crippen LogP contribution in [-0.2, 0) is 4.79 Å². The first-order valence-corrected chi connectivity index (χ1v) is 8.96. The Morgan fingerprint density at radius 1 is 1.13 bits per heavy atom. The predicted octanol–water partition coefficient (Wildman–Crippen LogP) is 1.93. The van der Waals surface area contributed by atoms with Gasteiger partial charge in [0.2, 0.25) is 5.91 Å². The Morgan fingerprint density at radius 3 is 2.52 bits per heavy atom. The van der Waals surface area contributed by atoms with Crippen LogP contribution in [-0.4, -0.2) is 62.0 Å². The van der Waals surface area contributed by atoms with Crippen LogP contribution in [0.2, 0.25) is 0 Å². The van der Waals surface area contributed by atoms with Gasteiger partial charge in [0.15, 0.2) is 0 Å². The lowest BCUT2D eigenvalue weighted by atomic mass is 9.89. The first-order chi connectivity index (χ1) is 11.2. The summed E-state index contributed by atoms with van der Waals surface area (Å²) in [6, 6.07) is 10.9. The molecule has 0 radical (unpaired) electrons. The number of carbonyl (C=O) groups excluding carboxylic acids is 1. The summed E-state index contributed by atoms with van der Waals surface area (Å²) in [7, 11) is 2.09. The zero-order chi connectivity index (χ0) is 16.1. The van der Waals surface area contributed by atoms with E-state index in [1.807, 2.05) is 0 Å². The van der Waals surface area contributed by atoms with Gasteiger partial charge in [-0.1, -0.05) is 30.3 Å². The van der Waals surface area contributed by atoms with E-state index in [0.29, 0.717) is 5.92 Å². The molecule has 1 amide bonds. The molecule has 0 aliphatic carbocycles. The standard InChI is InChI=1S/C19H29N3O/c1-21-11-7-18(15-21)19(23)20-10-14-22-12-8-17(9-13-22)16-5-3-2-4-6-16/h2-6,17-18H,7-15H2,1H3,(H,20,23)/t18-/m1/s1. The molecule has 1 aromatic carbocycles. The lowest BCUT2D eigenvalue weighted by molar-refractivity contribution is -0.124. The summed E-state index contributed by atoms with van der Waals surface area (Å²) in [5.41, 5.74) is 1.48. The van der Waals surface area contributed by atoms with E-state index < -0.39 is 0 Å². The Balaban J connectivity index is 1.34. The highest BCUT2D eigenvalue weighted by molar-refractivity contribution is 5.79. The Labute approximate surface area is 139 Å². The van der Waals surface area contributed by atoms with Gasteiger partial charge >= 0.3 is 0 Å². The van der Waals surface area contributed by atoms with Crippen molar-refractivity contribution in [3.05, 3.63) is 35.9 Å². The predicted molar refractivity (Wildman–Crippen MR) is 93.5 cm³/mol. The summed E-state index contributed by atoms with van der Waals surface area (Å²) in [5.74, 6) is 1.15. The molecule has 4 nitrogen and oxygen atoms in total. The van der Waals surface area contributed by atoms with Gasteiger partial charge < -0.3 is 15.1 Å². The third-order valence-corrected chi connectivity index (χ3v) is 5.35. The van der Waals surface area contributed by atoms with E-state index in [0.717, 1.165) is 45.7 Å². The average Bonchev–Trinajstić information content (AvgIpc) is 3.03. The van der Waals surface area contributed by atoms with Gasteiger partial charge in [0.1, 0.15) is 0 Å². The van der Waals surface area contributed by atoms with Crippen LogP contribution in [0.25, 0.3) is 0 Å². The maximum absolute atomic E-state index is 12.1. The molecule has 3 rings (SSSR count). The number of rotatable bonds is 5. The third kappa shape index (κ3) is 4.55. The van der Waals surface area contributed by atoms with Crippen molar-refractivity contribution in [3.63, 3.8) is 0 Å². The number of amides is 1. The van der Waals surface area contributed by atoms with E-state index in [2.05, 4.69) is 52.5 Å². The summed E-state index contributed by atoms with van der Waals surface area (Å²) < 4.78 is 0. The second-order valence-corrected chi connectivity index (χ2v) is 7.07. The van der Waals surface area contributed by atoms with Crippen molar-refractivity contribution < 1.29 is 4.79 Å². The van der Waals surface area contributed by atoms with Crippen LogP contribution < -0.4 is 5.32 Å². The first kappa shape index (κ1) is 16.5.